The van der Waals surface area contributed by atoms with E-state index in [-0.39, 0.29) is 23.7 Å². The van der Waals surface area contributed by atoms with E-state index in [1.807, 2.05) is 57.2 Å². The second-order valence-corrected chi connectivity index (χ2v) is 5.25. The minimum Gasteiger partial charge on any atom is -0.372 e. The quantitative estimate of drug-likeness (QED) is 0.657. The Morgan fingerprint density at radius 3 is 2.45 bits per heavy atom. The lowest BCUT2D eigenvalue weighted by atomic mass is 9.89. The van der Waals surface area contributed by atoms with Gasteiger partial charge in [0.2, 0.25) is 0 Å². The number of Topliss-reactive ketones (excluding diaryl/α,β-unsaturated/α-hetero) is 1. The average molecular weight is 274 g/mol. The Morgan fingerprint density at radius 2 is 1.90 bits per heavy atom. The molecule has 0 N–H and O–H groups in total. The van der Waals surface area contributed by atoms with E-state index in [0.29, 0.717) is 13.0 Å². The molecule has 1 aromatic carbocycles. The van der Waals surface area contributed by atoms with Crippen molar-refractivity contribution in [1.82, 2.24) is 0 Å². The lowest BCUT2D eigenvalue weighted by Crippen LogP contribution is -2.33. The predicted molar refractivity (Wildman–Crippen MR) is 83.5 cm³/mol. The molecule has 0 aromatic heterocycles. The molecule has 0 aliphatic rings. The second kappa shape index (κ2) is 8.70. The third kappa shape index (κ3) is 4.93. The third-order valence-electron chi connectivity index (χ3n) is 3.65. The van der Waals surface area contributed by atoms with Crippen LogP contribution in [0.5, 0.6) is 0 Å². The summed E-state index contributed by atoms with van der Waals surface area (Å²) in [6, 6.07) is 10.1. The molecule has 0 saturated heterocycles. The first-order chi connectivity index (χ1) is 9.60. The van der Waals surface area contributed by atoms with Gasteiger partial charge in [-0.2, -0.15) is 0 Å². The lowest BCUT2D eigenvalue weighted by Gasteiger charge is -2.27. The van der Waals surface area contributed by atoms with Crippen molar-refractivity contribution in [3.63, 3.8) is 0 Å². The molecule has 0 fully saturated rings. The van der Waals surface area contributed by atoms with Crippen LogP contribution in [-0.2, 0) is 16.1 Å². The van der Waals surface area contributed by atoms with Crippen molar-refractivity contribution >= 4 is 5.78 Å². The van der Waals surface area contributed by atoms with Gasteiger partial charge < -0.3 is 4.74 Å². The van der Waals surface area contributed by atoms with Crippen LogP contribution >= 0.6 is 0 Å². The molecule has 0 aliphatic heterocycles. The van der Waals surface area contributed by atoms with Crippen molar-refractivity contribution in [2.75, 3.05) is 0 Å². The number of rotatable bonds is 8. The van der Waals surface area contributed by atoms with Gasteiger partial charge in [-0.1, -0.05) is 63.3 Å². The van der Waals surface area contributed by atoms with Crippen LogP contribution in [0.4, 0.5) is 0 Å². The number of benzene rings is 1. The molecule has 0 amide bonds. The summed E-state index contributed by atoms with van der Waals surface area (Å²) in [5, 5.41) is 0. The van der Waals surface area contributed by atoms with Gasteiger partial charge in [0, 0.05) is 18.3 Å². The van der Waals surface area contributed by atoms with Crippen LogP contribution in [0.15, 0.2) is 42.5 Å². The Morgan fingerprint density at radius 1 is 1.25 bits per heavy atom. The number of carbonyl (C=O) groups excluding carboxylic acids is 1. The Hall–Kier alpha value is -1.41. The summed E-state index contributed by atoms with van der Waals surface area (Å²) in [6.07, 6.45) is 4.62. The molecular formula is C18H26O2. The van der Waals surface area contributed by atoms with Gasteiger partial charge in [0.05, 0.1) is 12.7 Å². The molecule has 0 radical (unpaired) electrons. The Balaban J connectivity index is 2.74. The van der Waals surface area contributed by atoms with E-state index in [4.69, 9.17) is 4.74 Å². The van der Waals surface area contributed by atoms with E-state index in [9.17, 15) is 4.79 Å². The van der Waals surface area contributed by atoms with Gasteiger partial charge in [-0.25, -0.2) is 0 Å². The number of allylic oxidation sites excluding steroid dienone is 1. The fraction of sp³-hybridized carbons (Fsp3) is 0.500. The highest BCUT2D eigenvalue weighted by Gasteiger charge is 2.27. The van der Waals surface area contributed by atoms with Crippen LogP contribution in [-0.4, -0.2) is 11.9 Å². The third-order valence-corrected chi connectivity index (χ3v) is 3.65. The minimum atomic E-state index is -0.0742. The summed E-state index contributed by atoms with van der Waals surface area (Å²) in [6.45, 7) is 8.54. The van der Waals surface area contributed by atoms with Gasteiger partial charge >= 0.3 is 0 Å². The lowest BCUT2D eigenvalue weighted by molar-refractivity contribution is -0.129. The number of ketones is 1. The molecule has 1 rings (SSSR count). The topological polar surface area (TPSA) is 26.3 Å². The highest BCUT2D eigenvalue weighted by Crippen LogP contribution is 2.22. The molecule has 0 bridgehead atoms. The van der Waals surface area contributed by atoms with Crippen molar-refractivity contribution in [3.8, 4) is 0 Å². The Kier molecular flexibility index (Phi) is 7.24. The summed E-state index contributed by atoms with van der Waals surface area (Å²) in [7, 11) is 0. The summed E-state index contributed by atoms with van der Waals surface area (Å²) >= 11 is 0. The Bertz CT molecular complexity index is 422. The van der Waals surface area contributed by atoms with Crippen LogP contribution < -0.4 is 0 Å². The van der Waals surface area contributed by atoms with E-state index in [1.165, 1.54) is 0 Å². The smallest absolute Gasteiger partial charge is 0.138 e. The van der Waals surface area contributed by atoms with Crippen molar-refractivity contribution < 1.29 is 9.53 Å². The number of ether oxygens (including phenoxy) is 1. The monoisotopic (exact) mass is 274 g/mol. The number of carbonyl (C=O) groups is 1. The van der Waals surface area contributed by atoms with Crippen LogP contribution in [0, 0.1) is 11.8 Å². The fourth-order valence-electron chi connectivity index (χ4n) is 2.44. The Labute approximate surface area is 122 Å². The number of hydrogen-bond donors (Lipinski definition) is 0. The first-order valence-electron chi connectivity index (χ1n) is 7.41. The molecule has 3 atom stereocenters. The van der Waals surface area contributed by atoms with E-state index >= 15 is 0 Å². The van der Waals surface area contributed by atoms with E-state index < -0.39 is 0 Å². The van der Waals surface area contributed by atoms with Gasteiger partial charge in [-0.05, 0) is 12.5 Å². The highest BCUT2D eigenvalue weighted by molar-refractivity contribution is 5.80. The zero-order valence-corrected chi connectivity index (χ0v) is 13.0. The molecule has 0 spiro atoms. The normalized spacial score (nSPS) is 16.0. The zero-order chi connectivity index (χ0) is 15.0. The van der Waals surface area contributed by atoms with E-state index in [0.717, 1.165) is 5.56 Å². The average Bonchev–Trinajstić information content (AvgIpc) is 2.47. The molecule has 0 heterocycles. The van der Waals surface area contributed by atoms with E-state index in [2.05, 4.69) is 13.0 Å². The largest absolute Gasteiger partial charge is 0.372 e. The molecule has 0 unspecified atom stereocenters. The molecule has 2 heteroatoms. The molecular weight excluding hydrogens is 248 g/mol. The fourth-order valence-corrected chi connectivity index (χ4v) is 2.44. The molecule has 2 nitrogen and oxygen atoms in total. The van der Waals surface area contributed by atoms with Crippen molar-refractivity contribution in [2.24, 2.45) is 11.8 Å². The maximum absolute atomic E-state index is 12.0. The van der Waals surface area contributed by atoms with Crippen molar-refractivity contribution in [1.29, 1.82) is 0 Å². The van der Waals surface area contributed by atoms with Gasteiger partial charge in [-0.15, -0.1) is 0 Å². The summed E-state index contributed by atoms with van der Waals surface area (Å²) < 4.78 is 6.06. The van der Waals surface area contributed by atoms with Crippen molar-refractivity contribution in [2.45, 2.75) is 46.8 Å². The predicted octanol–water partition coefficient (Wildman–Crippen LogP) is 4.40. The van der Waals surface area contributed by atoms with Crippen LogP contribution in [0.25, 0.3) is 0 Å². The maximum atomic E-state index is 12.0. The highest BCUT2D eigenvalue weighted by atomic mass is 16.5. The summed E-state index contributed by atoms with van der Waals surface area (Å²) in [4.78, 5) is 12.0. The van der Waals surface area contributed by atoms with Crippen LogP contribution in [0.1, 0.15) is 39.7 Å². The summed E-state index contributed by atoms with van der Waals surface area (Å²) in [5.41, 5.74) is 1.14. The van der Waals surface area contributed by atoms with Crippen LogP contribution in [0.2, 0.25) is 0 Å². The van der Waals surface area contributed by atoms with E-state index in [1.54, 1.807) is 0 Å². The SMILES string of the molecule is C/C=C/[C@H](C)[C@H](OCc1ccccc1)[C@@H](C)C(=O)CC. The second-order valence-electron chi connectivity index (χ2n) is 5.25. The molecule has 0 aliphatic carbocycles. The van der Waals surface area contributed by atoms with Gasteiger partial charge in [0.15, 0.2) is 0 Å². The number of hydrogen-bond acceptors (Lipinski definition) is 2. The molecule has 20 heavy (non-hydrogen) atoms. The van der Waals surface area contributed by atoms with Gasteiger partial charge in [0.1, 0.15) is 5.78 Å². The minimum absolute atomic E-state index is 0.0705. The first-order valence-corrected chi connectivity index (χ1v) is 7.41. The molecule has 110 valence electrons. The maximum Gasteiger partial charge on any atom is 0.138 e. The van der Waals surface area contributed by atoms with Crippen molar-refractivity contribution in [3.05, 3.63) is 48.0 Å². The standard InChI is InChI=1S/C18H26O2/c1-5-10-14(3)18(15(4)17(19)6-2)20-13-16-11-8-7-9-12-16/h5,7-12,14-15,18H,6,13H2,1-4H3/b10-5+/t14-,15-,18-/m0/s1. The summed E-state index contributed by atoms with van der Waals surface area (Å²) in [5.74, 6) is 0.420. The van der Waals surface area contributed by atoms with Crippen LogP contribution in [0.3, 0.4) is 0 Å². The van der Waals surface area contributed by atoms with Gasteiger partial charge in [-0.3, -0.25) is 4.79 Å². The zero-order valence-electron chi connectivity index (χ0n) is 13.0. The first kappa shape index (κ1) is 16.6. The molecule has 0 saturated carbocycles. The molecule has 1 aromatic rings. The van der Waals surface area contributed by atoms with Gasteiger partial charge in [0.25, 0.3) is 0 Å².